The molecule has 0 bridgehead atoms. The Bertz CT molecular complexity index is 510. The third kappa shape index (κ3) is 1.52. The van der Waals surface area contributed by atoms with Crippen molar-refractivity contribution in [1.82, 2.24) is 14.8 Å². The molecule has 0 saturated carbocycles. The first-order valence-electron chi connectivity index (χ1n) is 4.51. The van der Waals surface area contributed by atoms with E-state index in [0.717, 1.165) is 17.0 Å². The molecule has 78 valence electrons. The largest absolute Gasteiger partial charge is 0.477 e. The fourth-order valence-corrected chi connectivity index (χ4v) is 1.56. The van der Waals surface area contributed by atoms with E-state index < -0.39 is 5.97 Å². The molecule has 0 atom stereocenters. The number of hydrogen-bond acceptors (Lipinski definition) is 2. The highest BCUT2D eigenvalue weighted by atomic mass is 16.4. The van der Waals surface area contributed by atoms with Crippen LogP contribution in [0.15, 0.2) is 18.3 Å². The van der Waals surface area contributed by atoms with Crippen LogP contribution in [0.2, 0.25) is 0 Å². The normalized spacial score (nSPS) is 10.5. The first-order chi connectivity index (χ1) is 7.09. The number of carboxylic acid groups (broad SMARTS) is 1. The zero-order valence-electron chi connectivity index (χ0n) is 8.48. The molecule has 0 saturated heterocycles. The van der Waals surface area contributed by atoms with Crippen LogP contribution in [0.4, 0.5) is 0 Å². The second-order valence-corrected chi connectivity index (χ2v) is 3.39. The van der Waals surface area contributed by atoms with E-state index in [1.165, 1.54) is 0 Å². The van der Waals surface area contributed by atoms with Gasteiger partial charge in [0.2, 0.25) is 0 Å². The first-order valence-corrected chi connectivity index (χ1v) is 4.51. The Morgan fingerprint density at radius 2 is 2.33 bits per heavy atom. The second kappa shape index (κ2) is 3.27. The van der Waals surface area contributed by atoms with Crippen molar-refractivity contribution in [2.24, 2.45) is 7.05 Å². The maximum atomic E-state index is 10.8. The molecule has 5 nitrogen and oxygen atoms in total. The van der Waals surface area contributed by atoms with Gasteiger partial charge in [-0.2, -0.15) is 5.10 Å². The van der Waals surface area contributed by atoms with Crippen LogP contribution in [0, 0.1) is 6.92 Å². The Labute approximate surface area is 86.4 Å². The van der Waals surface area contributed by atoms with Crippen LogP contribution < -0.4 is 0 Å². The van der Waals surface area contributed by atoms with E-state index in [1.807, 2.05) is 13.1 Å². The molecule has 0 aliphatic carbocycles. The summed E-state index contributed by atoms with van der Waals surface area (Å²) in [6.07, 6.45) is 1.67. The molecule has 15 heavy (non-hydrogen) atoms. The van der Waals surface area contributed by atoms with Gasteiger partial charge in [0.1, 0.15) is 5.69 Å². The summed E-state index contributed by atoms with van der Waals surface area (Å²) < 4.78 is 1.69. The van der Waals surface area contributed by atoms with Crippen molar-refractivity contribution in [2.75, 3.05) is 0 Å². The predicted octanol–water partition coefficient (Wildman–Crippen LogP) is 1.42. The third-order valence-corrected chi connectivity index (χ3v) is 2.33. The summed E-state index contributed by atoms with van der Waals surface area (Å²) in [5.41, 5.74) is 2.58. The van der Waals surface area contributed by atoms with E-state index in [-0.39, 0.29) is 5.69 Å². The smallest absolute Gasteiger partial charge is 0.352 e. The number of H-pyrrole nitrogens is 1. The maximum absolute atomic E-state index is 10.8. The van der Waals surface area contributed by atoms with Crippen LogP contribution in [-0.4, -0.2) is 25.8 Å². The number of hydrogen-bond donors (Lipinski definition) is 2. The van der Waals surface area contributed by atoms with Crippen LogP contribution in [-0.2, 0) is 7.05 Å². The fraction of sp³-hybridized carbons (Fsp3) is 0.200. The average molecular weight is 205 g/mol. The summed E-state index contributed by atoms with van der Waals surface area (Å²) in [6, 6.07) is 3.64. The summed E-state index contributed by atoms with van der Waals surface area (Å²) >= 11 is 0. The Morgan fingerprint density at radius 1 is 1.60 bits per heavy atom. The van der Waals surface area contributed by atoms with Crippen molar-refractivity contribution in [2.45, 2.75) is 6.92 Å². The molecule has 2 aromatic rings. The van der Waals surface area contributed by atoms with E-state index in [1.54, 1.807) is 23.9 Å². The Kier molecular flexibility index (Phi) is 2.07. The number of carboxylic acids is 1. The number of nitrogens with one attached hydrogen (secondary N) is 1. The summed E-state index contributed by atoms with van der Waals surface area (Å²) in [5, 5.41) is 12.9. The van der Waals surface area contributed by atoms with E-state index in [9.17, 15) is 4.79 Å². The SMILES string of the molecule is Cc1cc(-c2ccnn2C)[nH]c1C(=O)O. The Hall–Kier alpha value is -2.04. The highest BCUT2D eigenvalue weighted by Gasteiger charge is 2.13. The second-order valence-electron chi connectivity index (χ2n) is 3.39. The highest BCUT2D eigenvalue weighted by molar-refractivity contribution is 5.88. The van der Waals surface area contributed by atoms with Gasteiger partial charge in [-0.3, -0.25) is 4.68 Å². The van der Waals surface area contributed by atoms with Crippen molar-refractivity contribution >= 4 is 5.97 Å². The first kappa shape index (κ1) is 9.51. The molecule has 2 heterocycles. The van der Waals surface area contributed by atoms with Gasteiger partial charge in [-0.25, -0.2) is 4.79 Å². The topological polar surface area (TPSA) is 70.9 Å². The maximum Gasteiger partial charge on any atom is 0.352 e. The minimum absolute atomic E-state index is 0.228. The molecule has 5 heteroatoms. The van der Waals surface area contributed by atoms with E-state index >= 15 is 0 Å². The van der Waals surface area contributed by atoms with Gasteiger partial charge in [-0.15, -0.1) is 0 Å². The third-order valence-electron chi connectivity index (χ3n) is 2.33. The molecule has 2 aromatic heterocycles. The monoisotopic (exact) mass is 205 g/mol. The molecule has 0 aliphatic heterocycles. The molecule has 0 amide bonds. The van der Waals surface area contributed by atoms with Crippen molar-refractivity contribution < 1.29 is 9.90 Å². The molecule has 0 unspecified atom stereocenters. The zero-order chi connectivity index (χ0) is 11.0. The van der Waals surface area contributed by atoms with Crippen molar-refractivity contribution in [3.63, 3.8) is 0 Å². The predicted molar refractivity (Wildman–Crippen MR) is 54.7 cm³/mol. The standard InChI is InChI=1S/C10H11N3O2/c1-6-5-7(12-9(6)10(14)15)8-3-4-11-13(8)2/h3-5,12H,1-2H3,(H,14,15). The van der Waals surface area contributed by atoms with Gasteiger partial charge in [-0.1, -0.05) is 0 Å². The van der Waals surface area contributed by atoms with E-state index in [4.69, 9.17) is 5.11 Å². The molecule has 0 spiro atoms. The number of carbonyl (C=O) groups is 1. The van der Waals surface area contributed by atoms with Gasteiger partial charge in [0, 0.05) is 13.2 Å². The highest BCUT2D eigenvalue weighted by Crippen LogP contribution is 2.20. The van der Waals surface area contributed by atoms with Gasteiger partial charge in [0.15, 0.2) is 0 Å². The van der Waals surface area contributed by atoms with Gasteiger partial charge in [0.25, 0.3) is 0 Å². The van der Waals surface area contributed by atoms with E-state index in [2.05, 4.69) is 10.1 Å². The van der Waals surface area contributed by atoms with Crippen LogP contribution in [0.3, 0.4) is 0 Å². The summed E-state index contributed by atoms with van der Waals surface area (Å²) in [6.45, 7) is 1.76. The quantitative estimate of drug-likeness (QED) is 0.778. The van der Waals surface area contributed by atoms with Crippen LogP contribution in [0.25, 0.3) is 11.4 Å². The van der Waals surface area contributed by atoms with Gasteiger partial charge >= 0.3 is 5.97 Å². The number of aromatic nitrogens is 3. The lowest BCUT2D eigenvalue weighted by molar-refractivity contribution is 0.0690. The minimum atomic E-state index is -0.944. The summed E-state index contributed by atoms with van der Waals surface area (Å²) in [5.74, 6) is -0.944. The minimum Gasteiger partial charge on any atom is -0.477 e. The molecular formula is C10H11N3O2. The van der Waals surface area contributed by atoms with Gasteiger partial charge in [-0.05, 0) is 24.6 Å². The van der Waals surface area contributed by atoms with Crippen molar-refractivity contribution in [3.8, 4) is 11.4 Å². The lowest BCUT2D eigenvalue weighted by atomic mass is 10.2. The number of aromatic carboxylic acids is 1. The Morgan fingerprint density at radius 3 is 2.80 bits per heavy atom. The Balaban J connectivity index is 2.52. The molecule has 2 rings (SSSR count). The van der Waals surface area contributed by atoms with E-state index in [0.29, 0.717) is 0 Å². The summed E-state index contributed by atoms with van der Waals surface area (Å²) in [4.78, 5) is 13.7. The molecule has 0 aromatic carbocycles. The number of nitrogens with zero attached hydrogens (tertiary/aromatic N) is 2. The lowest BCUT2D eigenvalue weighted by Gasteiger charge is -1.97. The number of rotatable bonds is 2. The lowest BCUT2D eigenvalue weighted by Crippen LogP contribution is -1.99. The fourth-order valence-electron chi connectivity index (χ4n) is 1.56. The van der Waals surface area contributed by atoms with Crippen LogP contribution >= 0.6 is 0 Å². The van der Waals surface area contributed by atoms with Gasteiger partial charge in [0.05, 0.1) is 11.4 Å². The number of aromatic amines is 1. The zero-order valence-corrected chi connectivity index (χ0v) is 8.48. The van der Waals surface area contributed by atoms with Gasteiger partial charge < -0.3 is 10.1 Å². The van der Waals surface area contributed by atoms with Crippen molar-refractivity contribution in [3.05, 3.63) is 29.6 Å². The molecular weight excluding hydrogens is 194 g/mol. The molecule has 2 N–H and O–H groups in total. The molecule has 0 radical (unpaired) electrons. The van der Waals surface area contributed by atoms with Crippen LogP contribution in [0.5, 0.6) is 0 Å². The molecule has 0 aliphatic rings. The van der Waals surface area contributed by atoms with Crippen LogP contribution in [0.1, 0.15) is 16.1 Å². The van der Waals surface area contributed by atoms with Crippen molar-refractivity contribution in [1.29, 1.82) is 0 Å². The average Bonchev–Trinajstić information content (AvgIpc) is 2.71. The summed E-state index contributed by atoms with van der Waals surface area (Å²) in [7, 11) is 1.81. The molecule has 0 fully saturated rings. The number of aryl methyl sites for hydroxylation is 2.